The van der Waals surface area contributed by atoms with E-state index < -0.39 is 0 Å². The maximum Gasteiger partial charge on any atom is 0.222 e. The van der Waals surface area contributed by atoms with Gasteiger partial charge in [-0.15, -0.1) is 0 Å². The topological polar surface area (TPSA) is 72.9 Å². The number of rotatable bonds is 4. The van der Waals surface area contributed by atoms with Gasteiger partial charge in [0.05, 0.1) is 15.5 Å². The summed E-state index contributed by atoms with van der Waals surface area (Å²) in [5, 5.41) is 2.92. The molecule has 0 atom stereocenters. The average molecular weight is 341 g/mol. The molecule has 1 aliphatic carbocycles. The van der Waals surface area contributed by atoms with Crippen LogP contribution in [0.1, 0.15) is 19.3 Å². The number of halogens is 2. The number of carbonyl (C=O) groups excluding carboxylic acids is 1. The number of nitrogen functional groups attached to an aromatic ring is 1. The Bertz CT molecular complexity index is 681. The molecule has 2 aromatic rings. The van der Waals surface area contributed by atoms with Crippen molar-refractivity contribution in [2.45, 2.75) is 31.8 Å². The molecule has 5 nitrogen and oxygen atoms in total. The number of carbonyl (C=O) groups is 1. The SMILES string of the molecule is Nc1nc2cc(F)c(Br)cc2n1CCC(=O)NC1CC1. The van der Waals surface area contributed by atoms with Gasteiger partial charge in [-0.25, -0.2) is 9.37 Å². The molecule has 1 heterocycles. The first-order valence-electron chi connectivity index (χ1n) is 6.44. The predicted octanol–water partition coefficient (Wildman–Crippen LogP) is 2.19. The standard InChI is InChI=1S/C13H14BrFN4O/c14-8-5-11-10(6-9(8)15)18-13(16)19(11)4-3-12(20)17-7-1-2-7/h5-7H,1-4H2,(H2,16,18)(H,17,20). The molecule has 0 saturated heterocycles. The Labute approximate surface area is 123 Å². The highest BCUT2D eigenvalue weighted by Crippen LogP contribution is 2.25. The predicted molar refractivity (Wildman–Crippen MR) is 77.6 cm³/mol. The molecule has 3 N–H and O–H groups in total. The molecule has 1 aromatic heterocycles. The Morgan fingerprint density at radius 1 is 1.55 bits per heavy atom. The quantitative estimate of drug-likeness (QED) is 0.895. The number of nitrogens with two attached hydrogens (primary N) is 1. The summed E-state index contributed by atoms with van der Waals surface area (Å²) in [5.41, 5.74) is 7.04. The third kappa shape index (κ3) is 2.63. The Balaban J connectivity index is 1.81. The lowest BCUT2D eigenvalue weighted by molar-refractivity contribution is -0.121. The van der Waals surface area contributed by atoms with E-state index in [-0.39, 0.29) is 17.7 Å². The maximum absolute atomic E-state index is 13.5. The summed E-state index contributed by atoms with van der Waals surface area (Å²) in [6, 6.07) is 3.31. The van der Waals surface area contributed by atoms with Crippen molar-refractivity contribution in [1.82, 2.24) is 14.9 Å². The number of nitrogens with zero attached hydrogens (tertiary/aromatic N) is 2. The van der Waals surface area contributed by atoms with Gasteiger partial charge in [0.2, 0.25) is 11.9 Å². The van der Waals surface area contributed by atoms with Gasteiger partial charge in [0.25, 0.3) is 0 Å². The van der Waals surface area contributed by atoms with Gasteiger partial charge in [0.15, 0.2) is 0 Å². The van der Waals surface area contributed by atoms with E-state index in [9.17, 15) is 9.18 Å². The second-order valence-electron chi connectivity index (χ2n) is 4.97. The Morgan fingerprint density at radius 2 is 2.30 bits per heavy atom. The van der Waals surface area contributed by atoms with Crippen molar-refractivity contribution >= 4 is 38.8 Å². The molecule has 0 aliphatic heterocycles. The summed E-state index contributed by atoms with van der Waals surface area (Å²) in [5.74, 6) is -0.0831. The van der Waals surface area contributed by atoms with E-state index >= 15 is 0 Å². The molecule has 7 heteroatoms. The number of hydrogen-bond donors (Lipinski definition) is 2. The zero-order valence-corrected chi connectivity index (χ0v) is 12.3. The molecule has 0 radical (unpaired) electrons. The highest BCUT2D eigenvalue weighted by Gasteiger charge is 2.23. The Kier molecular flexibility index (Phi) is 3.37. The van der Waals surface area contributed by atoms with Gasteiger partial charge >= 0.3 is 0 Å². The van der Waals surface area contributed by atoms with Crippen molar-refractivity contribution in [3.8, 4) is 0 Å². The lowest BCUT2D eigenvalue weighted by atomic mass is 10.3. The molecule has 1 saturated carbocycles. The number of imidazole rings is 1. The normalized spacial score (nSPS) is 14.7. The van der Waals surface area contributed by atoms with E-state index in [1.807, 2.05) is 0 Å². The van der Waals surface area contributed by atoms with Crippen LogP contribution in [0.4, 0.5) is 10.3 Å². The minimum Gasteiger partial charge on any atom is -0.369 e. The molecule has 1 aliphatic rings. The number of hydrogen-bond acceptors (Lipinski definition) is 3. The van der Waals surface area contributed by atoms with Crippen LogP contribution in [0.2, 0.25) is 0 Å². The molecule has 1 fully saturated rings. The zero-order valence-electron chi connectivity index (χ0n) is 10.7. The van der Waals surface area contributed by atoms with Crippen molar-refractivity contribution in [1.29, 1.82) is 0 Å². The minimum atomic E-state index is -0.381. The molecular weight excluding hydrogens is 327 g/mol. The van der Waals surface area contributed by atoms with E-state index in [2.05, 4.69) is 26.2 Å². The zero-order chi connectivity index (χ0) is 14.3. The number of anilines is 1. The molecule has 106 valence electrons. The summed E-state index contributed by atoms with van der Waals surface area (Å²) in [4.78, 5) is 15.8. The van der Waals surface area contributed by atoms with Gasteiger partial charge in [-0.2, -0.15) is 0 Å². The van der Waals surface area contributed by atoms with E-state index in [0.29, 0.717) is 29.0 Å². The van der Waals surface area contributed by atoms with Crippen LogP contribution < -0.4 is 11.1 Å². The molecule has 1 aromatic carbocycles. The summed E-state index contributed by atoms with van der Waals surface area (Å²) in [7, 11) is 0. The van der Waals surface area contributed by atoms with Crippen LogP contribution in [0.3, 0.4) is 0 Å². The van der Waals surface area contributed by atoms with Crippen molar-refractivity contribution < 1.29 is 9.18 Å². The Hall–Kier alpha value is -1.63. The number of aryl methyl sites for hydroxylation is 1. The molecule has 20 heavy (non-hydrogen) atoms. The van der Waals surface area contributed by atoms with E-state index in [1.165, 1.54) is 6.07 Å². The number of amides is 1. The smallest absolute Gasteiger partial charge is 0.222 e. The van der Waals surface area contributed by atoms with Gasteiger partial charge in [0.1, 0.15) is 5.82 Å². The first-order valence-corrected chi connectivity index (χ1v) is 7.24. The van der Waals surface area contributed by atoms with Crippen LogP contribution in [0.5, 0.6) is 0 Å². The monoisotopic (exact) mass is 340 g/mol. The van der Waals surface area contributed by atoms with E-state index in [0.717, 1.165) is 18.4 Å². The molecule has 0 bridgehead atoms. The van der Waals surface area contributed by atoms with Gasteiger partial charge in [0, 0.05) is 25.1 Å². The van der Waals surface area contributed by atoms with Gasteiger partial charge in [-0.3, -0.25) is 4.79 Å². The lowest BCUT2D eigenvalue weighted by Crippen LogP contribution is -2.26. The van der Waals surface area contributed by atoms with Crippen LogP contribution in [-0.2, 0) is 11.3 Å². The summed E-state index contributed by atoms with van der Waals surface area (Å²) < 4.78 is 15.5. The fourth-order valence-corrected chi connectivity index (χ4v) is 2.45. The number of aromatic nitrogens is 2. The molecule has 1 amide bonds. The fraction of sp³-hybridized carbons (Fsp3) is 0.385. The highest BCUT2D eigenvalue weighted by atomic mass is 79.9. The summed E-state index contributed by atoms with van der Waals surface area (Å²) >= 11 is 3.14. The maximum atomic E-state index is 13.5. The van der Waals surface area contributed by atoms with Gasteiger partial charge < -0.3 is 15.6 Å². The Morgan fingerprint density at radius 3 is 3.00 bits per heavy atom. The second kappa shape index (κ2) is 5.05. The molecule has 0 spiro atoms. The fourth-order valence-electron chi connectivity index (χ4n) is 2.11. The average Bonchev–Trinajstić information content (AvgIpc) is 3.13. The third-order valence-electron chi connectivity index (χ3n) is 3.32. The first-order chi connectivity index (χ1) is 9.54. The molecule has 3 rings (SSSR count). The first kappa shape index (κ1) is 13.4. The minimum absolute atomic E-state index is 0.00919. The van der Waals surface area contributed by atoms with Crippen LogP contribution >= 0.6 is 15.9 Å². The number of nitrogens with one attached hydrogen (secondary N) is 1. The van der Waals surface area contributed by atoms with Crippen molar-refractivity contribution in [3.63, 3.8) is 0 Å². The number of benzene rings is 1. The highest BCUT2D eigenvalue weighted by molar-refractivity contribution is 9.10. The van der Waals surface area contributed by atoms with Gasteiger partial charge in [-0.05, 0) is 34.8 Å². The van der Waals surface area contributed by atoms with Crippen molar-refractivity contribution in [3.05, 3.63) is 22.4 Å². The van der Waals surface area contributed by atoms with E-state index in [1.54, 1.807) is 10.6 Å². The molecular formula is C13H14BrFN4O. The molecule has 0 unspecified atom stereocenters. The van der Waals surface area contributed by atoms with Crippen LogP contribution in [0, 0.1) is 5.82 Å². The van der Waals surface area contributed by atoms with E-state index in [4.69, 9.17) is 5.73 Å². The number of fused-ring (bicyclic) bond motifs is 1. The second-order valence-corrected chi connectivity index (χ2v) is 5.82. The van der Waals surface area contributed by atoms with Crippen LogP contribution in [0.25, 0.3) is 11.0 Å². The third-order valence-corrected chi connectivity index (χ3v) is 3.93. The van der Waals surface area contributed by atoms with Crippen molar-refractivity contribution in [2.24, 2.45) is 0 Å². The van der Waals surface area contributed by atoms with Crippen molar-refractivity contribution in [2.75, 3.05) is 5.73 Å². The van der Waals surface area contributed by atoms with Gasteiger partial charge in [-0.1, -0.05) is 0 Å². The largest absolute Gasteiger partial charge is 0.369 e. The summed E-state index contributed by atoms with van der Waals surface area (Å²) in [6.07, 6.45) is 2.46. The lowest BCUT2D eigenvalue weighted by Gasteiger charge is -2.07. The van der Waals surface area contributed by atoms with Crippen LogP contribution in [0.15, 0.2) is 16.6 Å². The summed E-state index contributed by atoms with van der Waals surface area (Å²) in [6.45, 7) is 0.430. The van der Waals surface area contributed by atoms with Crippen LogP contribution in [-0.4, -0.2) is 21.5 Å².